The number of hydrogen-bond acceptors (Lipinski definition) is 1. The number of thiophene rings is 1. The average Bonchev–Trinajstić information content (AvgIpc) is 2.70. The Morgan fingerprint density at radius 3 is 2.86 bits per heavy atom. The molecule has 0 aliphatic carbocycles. The second kappa shape index (κ2) is 2.61. The van der Waals surface area contributed by atoms with Crippen LogP contribution < -0.4 is 0 Å². The van der Waals surface area contributed by atoms with Gasteiger partial charge in [0.25, 0.3) is 0 Å². The van der Waals surface area contributed by atoms with Gasteiger partial charge >= 0.3 is 0 Å². The summed E-state index contributed by atoms with van der Waals surface area (Å²) in [5.41, 5.74) is 2.72. The molecule has 0 fully saturated rings. The zero-order valence-corrected chi connectivity index (χ0v) is 9.06. The Hall–Kier alpha value is -1.28. The normalized spacial score (nSPS) is 11.6. The topological polar surface area (TPSA) is 4.93 Å². The van der Waals surface area contributed by atoms with Crippen LogP contribution in [0.5, 0.6) is 0 Å². The lowest BCUT2D eigenvalue weighted by atomic mass is 10.1. The van der Waals surface area contributed by atoms with Crippen molar-refractivity contribution < 1.29 is 0 Å². The minimum atomic E-state index is 1.33. The van der Waals surface area contributed by atoms with Crippen LogP contribution in [-0.2, 0) is 7.05 Å². The first-order valence-electron chi connectivity index (χ1n) is 4.70. The summed E-state index contributed by atoms with van der Waals surface area (Å²) in [6.45, 7) is 2.19. The number of rotatable bonds is 0. The fourth-order valence-electron chi connectivity index (χ4n) is 2.09. The zero-order valence-electron chi connectivity index (χ0n) is 8.24. The molecule has 0 spiro atoms. The van der Waals surface area contributed by atoms with Crippen LogP contribution in [0.25, 0.3) is 21.1 Å². The van der Waals surface area contributed by atoms with Crippen LogP contribution >= 0.6 is 11.3 Å². The molecule has 3 aromatic rings. The Morgan fingerprint density at radius 1 is 1.21 bits per heavy atom. The molecule has 0 radical (unpaired) electrons. The molecule has 70 valence electrons. The van der Waals surface area contributed by atoms with Gasteiger partial charge in [0, 0.05) is 23.3 Å². The highest BCUT2D eigenvalue weighted by Crippen LogP contribution is 2.34. The van der Waals surface area contributed by atoms with Crippen molar-refractivity contribution >= 4 is 32.5 Å². The van der Waals surface area contributed by atoms with Gasteiger partial charge in [0.15, 0.2) is 0 Å². The predicted octanol–water partition coefficient (Wildman–Crippen LogP) is 3.70. The third-order valence-electron chi connectivity index (χ3n) is 2.79. The summed E-state index contributed by atoms with van der Waals surface area (Å²) in [4.78, 5) is 1.38. The van der Waals surface area contributed by atoms with Crippen molar-refractivity contribution in [2.45, 2.75) is 6.92 Å². The summed E-state index contributed by atoms with van der Waals surface area (Å²) in [5, 5.41) is 5.04. The quantitative estimate of drug-likeness (QED) is 0.522. The van der Waals surface area contributed by atoms with Gasteiger partial charge < -0.3 is 4.57 Å². The van der Waals surface area contributed by atoms with Gasteiger partial charge in [0.2, 0.25) is 0 Å². The second-order valence-corrected chi connectivity index (χ2v) is 4.53. The molecule has 2 aromatic heterocycles. The number of para-hydroxylation sites is 1. The van der Waals surface area contributed by atoms with Gasteiger partial charge in [-0.05, 0) is 23.9 Å². The highest BCUT2D eigenvalue weighted by atomic mass is 32.1. The molecular weight excluding hydrogens is 190 g/mol. The molecule has 1 nitrogen and oxygen atoms in total. The Labute approximate surface area is 86.6 Å². The van der Waals surface area contributed by atoms with Gasteiger partial charge in [0.1, 0.15) is 4.83 Å². The van der Waals surface area contributed by atoms with Crippen molar-refractivity contribution in [1.82, 2.24) is 4.57 Å². The van der Waals surface area contributed by atoms with Gasteiger partial charge in [0.05, 0.1) is 0 Å². The fraction of sp³-hybridized carbons (Fsp3) is 0.167. The summed E-state index contributed by atoms with van der Waals surface area (Å²) in [5.74, 6) is 0. The molecule has 14 heavy (non-hydrogen) atoms. The average molecular weight is 201 g/mol. The van der Waals surface area contributed by atoms with Crippen LogP contribution in [0.1, 0.15) is 5.56 Å². The molecule has 0 saturated heterocycles. The van der Waals surface area contributed by atoms with Gasteiger partial charge in [-0.25, -0.2) is 0 Å². The number of fused-ring (bicyclic) bond motifs is 3. The number of aromatic nitrogens is 1. The standard InChI is InChI=1S/C12H11NS/c1-8-7-14-12-11(8)9-5-3-4-6-10(9)13(12)2/h3-7H,1-2H3. The Bertz CT molecular complexity index is 616. The zero-order chi connectivity index (χ0) is 9.71. The first kappa shape index (κ1) is 8.06. The second-order valence-electron chi connectivity index (χ2n) is 3.68. The maximum atomic E-state index is 2.28. The van der Waals surface area contributed by atoms with Crippen molar-refractivity contribution in [2.24, 2.45) is 7.05 Å². The summed E-state index contributed by atoms with van der Waals surface area (Å²) in [7, 11) is 2.14. The molecule has 2 heteroatoms. The van der Waals surface area contributed by atoms with E-state index in [-0.39, 0.29) is 0 Å². The number of nitrogens with zero attached hydrogens (tertiary/aromatic N) is 1. The van der Waals surface area contributed by atoms with E-state index in [9.17, 15) is 0 Å². The number of aryl methyl sites for hydroxylation is 2. The van der Waals surface area contributed by atoms with E-state index in [0.29, 0.717) is 0 Å². The molecule has 0 saturated carbocycles. The highest BCUT2D eigenvalue weighted by molar-refractivity contribution is 7.17. The molecule has 0 bridgehead atoms. The third-order valence-corrected chi connectivity index (χ3v) is 3.97. The molecule has 0 unspecified atom stereocenters. The van der Waals surface area contributed by atoms with Crippen molar-refractivity contribution in [1.29, 1.82) is 0 Å². The van der Waals surface area contributed by atoms with E-state index in [4.69, 9.17) is 0 Å². The minimum absolute atomic E-state index is 1.33. The summed E-state index contributed by atoms with van der Waals surface area (Å²) >= 11 is 1.83. The molecule has 0 N–H and O–H groups in total. The smallest absolute Gasteiger partial charge is 0.103 e. The maximum Gasteiger partial charge on any atom is 0.103 e. The predicted molar refractivity (Wildman–Crippen MR) is 63.0 cm³/mol. The largest absolute Gasteiger partial charge is 0.335 e. The Kier molecular flexibility index (Phi) is 1.50. The van der Waals surface area contributed by atoms with E-state index < -0.39 is 0 Å². The molecule has 0 aliphatic rings. The number of hydrogen-bond donors (Lipinski definition) is 0. The molecule has 1 aromatic carbocycles. The molecule has 3 rings (SSSR count). The lowest BCUT2D eigenvalue weighted by molar-refractivity contribution is 1.02. The highest BCUT2D eigenvalue weighted by Gasteiger charge is 2.10. The molecule has 0 aliphatic heterocycles. The van der Waals surface area contributed by atoms with Crippen LogP contribution in [0.2, 0.25) is 0 Å². The summed E-state index contributed by atoms with van der Waals surface area (Å²) in [6.07, 6.45) is 0. The van der Waals surface area contributed by atoms with Crippen molar-refractivity contribution in [3.8, 4) is 0 Å². The molecule has 2 heterocycles. The van der Waals surface area contributed by atoms with E-state index in [2.05, 4.69) is 48.2 Å². The minimum Gasteiger partial charge on any atom is -0.335 e. The van der Waals surface area contributed by atoms with E-state index in [1.165, 1.54) is 26.7 Å². The van der Waals surface area contributed by atoms with Crippen molar-refractivity contribution in [2.75, 3.05) is 0 Å². The van der Waals surface area contributed by atoms with E-state index in [1.807, 2.05) is 11.3 Å². The van der Waals surface area contributed by atoms with Crippen LogP contribution in [0.4, 0.5) is 0 Å². The van der Waals surface area contributed by atoms with E-state index in [1.54, 1.807) is 0 Å². The first-order chi connectivity index (χ1) is 6.79. The fourth-order valence-corrected chi connectivity index (χ4v) is 3.14. The van der Waals surface area contributed by atoms with Gasteiger partial charge in [-0.2, -0.15) is 0 Å². The van der Waals surface area contributed by atoms with Crippen LogP contribution in [0.3, 0.4) is 0 Å². The number of benzene rings is 1. The van der Waals surface area contributed by atoms with E-state index >= 15 is 0 Å². The van der Waals surface area contributed by atoms with Crippen LogP contribution in [-0.4, -0.2) is 4.57 Å². The van der Waals surface area contributed by atoms with Gasteiger partial charge in [-0.1, -0.05) is 18.2 Å². The van der Waals surface area contributed by atoms with Gasteiger partial charge in [-0.15, -0.1) is 11.3 Å². The van der Waals surface area contributed by atoms with Crippen molar-refractivity contribution in [3.05, 3.63) is 35.2 Å². The Balaban J connectivity index is 2.70. The van der Waals surface area contributed by atoms with Gasteiger partial charge in [-0.3, -0.25) is 0 Å². The monoisotopic (exact) mass is 201 g/mol. The third kappa shape index (κ3) is 0.840. The summed E-state index contributed by atoms with van der Waals surface area (Å²) < 4.78 is 2.28. The maximum absolute atomic E-state index is 2.28. The SMILES string of the molecule is Cc1csc2c1c1ccccc1n2C. The van der Waals surface area contributed by atoms with Crippen molar-refractivity contribution in [3.63, 3.8) is 0 Å². The molecular formula is C12H11NS. The van der Waals surface area contributed by atoms with Crippen LogP contribution in [0.15, 0.2) is 29.6 Å². The Morgan fingerprint density at radius 2 is 2.00 bits per heavy atom. The lowest BCUT2D eigenvalue weighted by Gasteiger charge is -1.94. The lowest BCUT2D eigenvalue weighted by Crippen LogP contribution is -1.83. The van der Waals surface area contributed by atoms with Crippen LogP contribution in [0, 0.1) is 6.92 Å². The van der Waals surface area contributed by atoms with E-state index in [0.717, 1.165) is 0 Å². The molecule has 0 amide bonds. The first-order valence-corrected chi connectivity index (χ1v) is 5.58. The summed E-state index contributed by atoms with van der Waals surface area (Å²) in [6, 6.07) is 8.60. The molecule has 0 atom stereocenters.